The molecule has 14 heavy (non-hydrogen) atoms. The summed E-state index contributed by atoms with van der Waals surface area (Å²) < 4.78 is 12.9. The Kier molecular flexibility index (Phi) is 2.27. The maximum Gasteiger partial charge on any atom is 0.142 e. The molecule has 0 unspecified atom stereocenters. The van der Waals surface area contributed by atoms with Crippen LogP contribution in [0, 0.1) is 12.7 Å². The fourth-order valence-corrected chi connectivity index (χ4v) is 1.32. The summed E-state index contributed by atoms with van der Waals surface area (Å²) in [5, 5.41) is 0. The molecule has 0 amide bonds. The third-order valence-corrected chi connectivity index (χ3v) is 2.09. The number of aromatic nitrogens is 1. The molecule has 70 valence electrons. The zero-order valence-electron chi connectivity index (χ0n) is 7.87. The van der Waals surface area contributed by atoms with Crippen molar-refractivity contribution in [3.63, 3.8) is 0 Å². The molecule has 0 saturated carbocycles. The van der Waals surface area contributed by atoms with Crippen LogP contribution < -0.4 is 0 Å². The molecule has 1 heterocycles. The third kappa shape index (κ3) is 1.79. The summed E-state index contributed by atoms with van der Waals surface area (Å²) in [4.78, 5) is 3.81. The SMILES string of the molecule is Cc1ccc(-c2cncc(F)c2)cc1. The van der Waals surface area contributed by atoms with E-state index in [9.17, 15) is 4.39 Å². The molecule has 0 spiro atoms. The van der Waals surface area contributed by atoms with Crippen LogP contribution in [0.4, 0.5) is 4.39 Å². The minimum Gasteiger partial charge on any atom is -0.261 e. The molecule has 1 aromatic carbocycles. The van der Waals surface area contributed by atoms with Crippen LogP contribution in [-0.4, -0.2) is 4.98 Å². The fourth-order valence-electron chi connectivity index (χ4n) is 1.32. The molecular weight excluding hydrogens is 177 g/mol. The maximum atomic E-state index is 12.9. The number of rotatable bonds is 1. The second-order valence-corrected chi connectivity index (χ2v) is 3.26. The number of halogens is 1. The number of hydrogen-bond donors (Lipinski definition) is 0. The number of hydrogen-bond acceptors (Lipinski definition) is 1. The fraction of sp³-hybridized carbons (Fsp3) is 0.0833. The molecule has 0 atom stereocenters. The van der Waals surface area contributed by atoms with Crippen molar-refractivity contribution in [2.75, 3.05) is 0 Å². The average molecular weight is 187 g/mol. The van der Waals surface area contributed by atoms with Crippen LogP contribution in [-0.2, 0) is 0 Å². The first-order chi connectivity index (χ1) is 6.75. The smallest absolute Gasteiger partial charge is 0.142 e. The second kappa shape index (κ2) is 3.58. The van der Waals surface area contributed by atoms with Gasteiger partial charge in [0.25, 0.3) is 0 Å². The van der Waals surface area contributed by atoms with Gasteiger partial charge in [0.1, 0.15) is 5.82 Å². The van der Waals surface area contributed by atoms with E-state index in [1.807, 2.05) is 31.2 Å². The van der Waals surface area contributed by atoms with Crippen molar-refractivity contribution in [1.82, 2.24) is 4.98 Å². The summed E-state index contributed by atoms with van der Waals surface area (Å²) in [5.41, 5.74) is 2.99. The van der Waals surface area contributed by atoms with E-state index >= 15 is 0 Å². The van der Waals surface area contributed by atoms with Crippen LogP contribution in [0.2, 0.25) is 0 Å². The molecule has 0 N–H and O–H groups in total. The summed E-state index contributed by atoms with van der Waals surface area (Å²) in [6, 6.07) is 9.41. The number of benzene rings is 1. The Morgan fingerprint density at radius 2 is 1.71 bits per heavy atom. The molecule has 0 bridgehead atoms. The Morgan fingerprint density at radius 1 is 1.00 bits per heavy atom. The highest BCUT2D eigenvalue weighted by molar-refractivity contribution is 5.62. The topological polar surface area (TPSA) is 12.9 Å². The minimum absolute atomic E-state index is 0.303. The molecule has 0 aliphatic heterocycles. The lowest BCUT2D eigenvalue weighted by molar-refractivity contribution is 0.622. The van der Waals surface area contributed by atoms with Crippen LogP contribution in [0.1, 0.15) is 5.56 Å². The van der Waals surface area contributed by atoms with Crippen molar-refractivity contribution in [3.05, 3.63) is 54.1 Å². The van der Waals surface area contributed by atoms with Crippen molar-refractivity contribution in [1.29, 1.82) is 0 Å². The molecule has 0 aliphatic rings. The van der Waals surface area contributed by atoms with E-state index < -0.39 is 0 Å². The van der Waals surface area contributed by atoms with Crippen LogP contribution in [0.15, 0.2) is 42.7 Å². The van der Waals surface area contributed by atoms with Gasteiger partial charge in [-0.3, -0.25) is 4.98 Å². The van der Waals surface area contributed by atoms with E-state index in [0.29, 0.717) is 0 Å². The van der Waals surface area contributed by atoms with E-state index in [1.165, 1.54) is 17.8 Å². The standard InChI is InChI=1S/C12H10FN/c1-9-2-4-10(5-3-9)11-6-12(13)8-14-7-11/h2-8H,1H3. The third-order valence-electron chi connectivity index (χ3n) is 2.09. The van der Waals surface area contributed by atoms with Gasteiger partial charge in [-0.05, 0) is 18.6 Å². The highest BCUT2D eigenvalue weighted by Crippen LogP contribution is 2.19. The highest BCUT2D eigenvalue weighted by atomic mass is 19.1. The van der Waals surface area contributed by atoms with Crippen molar-refractivity contribution in [2.45, 2.75) is 6.92 Å². The van der Waals surface area contributed by atoms with Gasteiger partial charge in [-0.2, -0.15) is 0 Å². The van der Waals surface area contributed by atoms with Gasteiger partial charge in [0, 0.05) is 11.8 Å². The lowest BCUT2D eigenvalue weighted by atomic mass is 10.1. The second-order valence-electron chi connectivity index (χ2n) is 3.26. The summed E-state index contributed by atoms with van der Waals surface area (Å²) in [5.74, 6) is -0.303. The van der Waals surface area contributed by atoms with Gasteiger partial charge in [-0.15, -0.1) is 0 Å². The Labute approximate surface area is 82.2 Å². The normalized spacial score (nSPS) is 10.1. The number of aryl methyl sites for hydroxylation is 1. The number of nitrogens with zero attached hydrogens (tertiary/aromatic N) is 1. The Balaban J connectivity index is 2.44. The molecule has 0 fully saturated rings. The summed E-state index contributed by atoms with van der Waals surface area (Å²) in [6.45, 7) is 2.02. The number of pyridine rings is 1. The molecular formula is C12H10FN. The first-order valence-electron chi connectivity index (χ1n) is 4.43. The Hall–Kier alpha value is -1.70. The largest absolute Gasteiger partial charge is 0.261 e. The van der Waals surface area contributed by atoms with Gasteiger partial charge in [-0.1, -0.05) is 29.8 Å². The average Bonchev–Trinajstić information content (AvgIpc) is 2.19. The minimum atomic E-state index is -0.303. The van der Waals surface area contributed by atoms with Crippen molar-refractivity contribution in [2.24, 2.45) is 0 Å². The summed E-state index contributed by atoms with van der Waals surface area (Å²) in [6.07, 6.45) is 2.87. The molecule has 2 heteroatoms. The van der Waals surface area contributed by atoms with E-state index in [-0.39, 0.29) is 5.82 Å². The quantitative estimate of drug-likeness (QED) is 0.668. The van der Waals surface area contributed by atoms with E-state index in [1.54, 1.807) is 6.20 Å². The predicted octanol–water partition coefficient (Wildman–Crippen LogP) is 3.20. The zero-order valence-corrected chi connectivity index (χ0v) is 7.87. The summed E-state index contributed by atoms with van der Waals surface area (Å²) in [7, 11) is 0. The van der Waals surface area contributed by atoms with Gasteiger partial charge < -0.3 is 0 Å². The van der Waals surface area contributed by atoms with Crippen LogP contribution in [0.5, 0.6) is 0 Å². The van der Waals surface area contributed by atoms with Gasteiger partial charge in [-0.25, -0.2) is 4.39 Å². The molecule has 1 nitrogen and oxygen atoms in total. The molecule has 1 aromatic heterocycles. The summed E-state index contributed by atoms with van der Waals surface area (Å²) >= 11 is 0. The molecule has 0 radical (unpaired) electrons. The van der Waals surface area contributed by atoms with Crippen molar-refractivity contribution in [3.8, 4) is 11.1 Å². The predicted molar refractivity (Wildman–Crippen MR) is 54.4 cm³/mol. The first-order valence-corrected chi connectivity index (χ1v) is 4.43. The van der Waals surface area contributed by atoms with E-state index in [2.05, 4.69) is 4.98 Å². The zero-order chi connectivity index (χ0) is 9.97. The lowest BCUT2D eigenvalue weighted by Crippen LogP contribution is -1.82. The van der Waals surface area contributed by atoms with Crippen LogP contribution >= 0.6 is 0 Å². The van der Waals surface area contributed by atoms with E-state index in [0.717, 1.165) is 11.1 Å². The van der Waals surface area contributed by atoms with Crippen molar-refractivity contribution >= 4 is 0 Å². The maximum absolute atomic E-state index is 12.9. The van der Waals surface area contributed by atoms with Crippen LogP contribution in [0.25, 0.3) is 11.1 Å². The monoisotopic (exact) mass is 187 g/mol. The first kappa shape index (κ1) is 8.88. The van der Waals surface area contributed by atoms with Gasteiger partial charge in [0.15, 0.2) is 0 Å². The lowest BCUT2D eigenvalue weighted by Gasteiger charge is -2.01. The van der Waals surface area contributed by atoms with Gasteiger partial charge in [0.05, 0.1) is 6.20 Å². The van der Waals surface area contributed by atoms with Gasteiger partial charge >= 0.3 is 0 Å². The highest BCUT2D eigenvalue weighted by Gasteiger charge is 1.98. The van der Waals surface area contributed by atoms with Crippen LogP contribution in [0.3, 0.4) is 0 Å². The molecule has 2 rings (SSSR count). The molecule has 0 saturated heterocycles. The van der Waals surface area contributed by atoms with Crippen molar-refractivity contribution < 1.29 is 4.39 Å². The Bertz CT molecular complexity index is 434. The molecule has 2 aromatic rings. The van der Waals surface area contributed by atoms with E-state index in [4.69, 9.17) is 0 Å². The Morgan fingerprint density at radius 3 is 2.36 bits per heavy atom. The molecule has 0 aliphatic carbocycles. The van der Waals surface area contributed by atoms with Gasteiger partial charge in [0.2, 0.25) is 0 Å².